The van der Waals surface area contributed by atoms with Gasteiger partial charge in [0.1, 0.15) is 12.0 Å². The third-order valence-electron chi connectivity index (χ3n) is 2.39. The second kappa shape index (κ2) is 2.60. The highest BCUT2D eigenvalue weighted by molar-refractivity contribution is 6.26. The smallest absolute Gasteiger partial charge is 0.214 e. The molecule has 2 aromatic heterocycles. The van der Waals surface area contributed by atoms with Crippen molar-refractivity contribution in [3.8, 4) is 0 Å². The van der Waals surface area contributed by atoms with Crippen LogP contribution in [0.5, 0.6) is 0 Å². The standard InChI is InChI=1S/C10H5N3O2/c14-9-5-1-2-12-7(5)10(15)6-3-11-4-13-8(6)9/h1-4,12H. The van der Waals surface area contributed by atoms with Gasteiger partial charge in [-0.15, -0.1) is 0 Å². The van der Waals surface area contributed by atoms with Crippen LogP contribution in [0, 0.1) is 0 Å². The molecule has 2 heterocycles. The van der Waals surface area contributed by atoms with E-state index >= 15 is 0 Å². The van der Waals surface area contributed by atoms with Gasteiger partial charge in [-0.3, -0.25) is 9.59 Å². The molecule has 1 N–H and O–H groups in total. The van der Waals surface area contributed by atoms with Crippen LogP contribution in [0.15, 0.2) is 24.8 Å². The van der Waals surface area contributed by atoms with Crippen LogP contribution in [0.1, 0.15) is 32.1 Å². The summed E-state index contributed by atoms with van der Waals surface area (Å²) in [5.74, 6) is -0.464. The third kappa shape index (κ3) is 0.914. The fourth-order valence-corrected chi connectivity index (χ4v) is 1.69. The first-order valence-electron chi connectivity index (χ1n) is 4.36. The van der Waals surface area contributed by atoms with Crippen LogP contribution < -0.4 is 0 Å². The van der Waals surface area contributed by atoms with Crippen molar-refractivity contribution in [1.82, 2.24) is 15.0 Å². The number of H-pyrrole nitrogens is 1. The lowest BCUT2D eigenvalue weighted by molar-refractivity contribution is 0.0972. The molecule has 0 radical (unpaired) electrons. The maximum absolute atomic E-state index is 11.9. The minimum atomic E-state index is -0.233. The zero-order valence-corrected chi connectivity index (χ0v) is 7.52. The van der Waals surface area contributed by atoms with Gasteiger partial charge in [0.15, 0.2) is 0 Å². The Morgan fingerprint density at radius 2 is 2.00 bits per heavy atom. The van der Waals surface area contributed by atoms with Crippen LogP contribution in [0.3, 0.4) is 0 Å². The number of nitrogens with one attached hydrogen (secondary N) is 1. The van der Waals surface area contributed by atoms with Crippen LogP contribution in [-0.2, 0) is 0 Å². The van der Waals surface area contributed by atoms with Gasteiger partial charge < -0.3 is 4.98 Å². The number of nitrogens with zero attached hydrogens (tertiary/aromatic N) is 2. The normalized spacial score (nSPS) is 13.6. The number of aromatic nitrogens is 3. The van der Waals surface area contributed by atoms with Gasteiger partial charge in [-0.25, -0.2) is 9.97 Å². The van der Waals surface area contributed by atoms with Gasteiger partial charge in [-0.2, -0.15) is 0 Å². The molecule has 0 saturated heterocycles. The molecule has 5 heteroatoms. The second-order valence-electron chi connectivity index (χ2n) is 3.21. The molecule has 0 amide bonds. The summed E-state index contributed by atoms with van der Waals surface area (Å²) < 4.78 is 0. The number of carbonyl (C=O) groups excluding carboxylic acids is 2. The molecule has 5 nitrogen and oxygen atoms in total. The Morgan fingerprint density at radius 1 is 1.13 bits per heavy atom. The van der Waals surface area contributed by atoms with E-state index in [0.717, 1.165) is 0 Å². The highest BCUT2D eigenvalue weighted by atomic mass is 16.1. The number of hydrogen-bond acceptors (Lipinski definition) is 4. The van der Waals surface area contributed by atoms with Gasteiger partial charge in [0.25, 0.3) is 0 Å². The Morgan fingerprint density at radius 3 is 2.87 bits per heavy atom. The summed E-state index contributed by atoms with van der Waals surface area (Å²) in [4.78, 5) is 34.0. The summed E-state index contributed by atoms with van der Waals surface area (Å²) in [6.45, 7) is 0. The van der Waals surface area contributed by atoms with Crippen LogP contribution in [0.4, 0.5) is 0 Å². The Labute approximate surface area is 84.2 Å². The van der Waals surface area contributed by atoms with E-state index < -0.39 is 0 Å². The molecule has 0 unspecified atom stereocenters. The summed E-state index contributed by atoms with van der Waals surface area (Å²) in [6.07, 6.45) is 4.20. The fraction of sp³-hybridized carbons (Fsp3) is 0. The summed E-state index contributed by atoms with van der Waals surface area (Å²) >= 11 is 0. The molecule has 1 aliphatic rings. The minimum absolute atomic E-state index is 0.183. The molecule has 15 heavy (non-hydrogen) atoms. The molecule has 1 aliphatic carbocycles. The number of rotatable bonds is 0. The molecular weight excluding hydrogens is 194 g/mol. The van der Waals surface area contributed by atoms with Crippen LogP contribution in [0.2, 0.25) is 0 Å². The minimum Gasteiger partial charge on any atom is -0.358 e. The predicted molar refractivity (Wildman–Crippen MR) is 49.7 cm³/mol. The largest absolute Gasteiger partial charge is 0.358 e. The molecule has 2 aromatic rings. The number of hydrogen-bond donors (Lipinski definition) is 1. The summed E-state index contributed by atoms with van der Waals surface area (Å²) in [6, 6.07) is 1.58. The number of carbonyl (C=O) groups is 2. The van der Waals surface area contributed by atoms with Crippen molar-refractivity contribution in [3.63, 3.8) is 0 Å². The highest BCUT2D eigenvalue weighted by Gasteiger charge is 2.31. The van der Waals surface area contributed by atoms with E-state index in [1.165, 1.54) is 12.5 Å². The van der Waals surface area contributed by atoms with Crippen molar-refractivity contribution in [2.45, 2.75) is 0 Å². The highest BCUT2D eigenvalue weighted by Crippen LogP contribution is 2.23. The van der Waals surface area contributed by atoms with E-state index in [1.807, 2.05) is 0 Å². The molecule has 3 rings (SSSR count). The molecule has 0 aromatic carbocycles. The van der Waals surface area contributed by atoms with E-state index in [-0.39, 0.29) is 22.8 Å². The van der Waals surface area contributed by atoms with Gasteiger partial charge in [0.05, 0.1) is 16.8 Å². The van der Waals surface area contributed by atoms with Crippen molar-refractivity contribution in [2.24, 2.45) is 0 Å². The van der Waals surface area contributed by atoms with E-state index in [2.05, 4.69) is 15.0 Å². The van der Waals surface area contributed by atoms with E-state index in [1.54, 1.807) is 12.3 Å². The van der Waals surface area contributed by atoms with Crippen molar-refractivity contribution < 1.29 is 9.59 Å². The van der Waals surface area contributed by atoms with Gasteiger partial charge in [0, 0.05) is 12.4 Å². The number of aromatic amines is 1. The molecule has 0 saturated carbocycles. The van der Waals surface area contributed by atoms with E-state index in [9.17, 15) is 9.59 Å². The van der Waals surface area contributed by atoms with Crippen molar-refractivity contribution in [2.75, 3.05) is 0 Å². The lowest BCUT2D eigenvalue weighted by Gasteiger charge is -2.11. The van der Waals surface area contributed by atoms with Crippen LogP contribution in [-0.4, -0.2) is 26.5 Å². The number of fused-ring (bicyclic) bond motifs is 2. The molecule has 0 atom stereocenters. The summed E-state index contributed by atoms with van der Waals surface area (Å²) in [7, 11) is 0. The summed E-state index contributed by atoms with van der Waals surface area (Å²) in [5.41, 5.74) is 1.15. The van der Waals surface area contributed by atoms with Crippen LogP contribution in [0.25, 0.3) is 0 Å². The zero-order chi connectivity index (χ0) is 10.4. The topological polar surface area (TPSA) is 75.7 Å². The maximum atomic E-state index is 11.9. The Hall–Kier alpha value is -2.30. The lowest BCUT2D eigenvalue weighted by atomic mass is 9.93. The molecule has 0 aliphatic heterocycles. The Kier molecular flexibility index (Phi) is 1.39. The van der Waals surface area contributed by atoms with Crippen LogP contribution >= 0.6 is 0 Å². The number of ketones is 2. The molecule has 0 fully saturated rings. The lowest BCUT2D eigenvalue weighted by Crippen LogP contribution is -2.21. The Balaban J connectivity index is 2.36. The van der Waals surface area contributed by atoms with Gasteiger partial charge in [0.2, 0.25) is 11.6 Å². The van der Waals surface area contributed by atoms with E-state index in [0.29, 0.717) is 11.3 Å². The third-order valence-corrected chi connectivity index (χ3v) is 2.39. The van der Waals surface area contributed by atoms with Gasteiger partial charge >= 0.3 is 0 Å². The first kappa shape index (κ1) is 8.05. The maximum Gasteiger partial charge on any atom is 0.214 e. The molecule has 0 spiro atoms. The molecule has 0 bridgehead atoms. The van der Waals surface area contributed by atoms with Gasteiger partial charge in [-0.1, -0.05) is 0 Å². The average molecular weight is 199 g/mol. The SMILES string of the molecule is O=C1c2cc[nH]c2C(=O)c2cncnc21. The monoisotopic (exact) mass is 199 g/mol. The first-order valence-corrected chi connectivity index (χ1v) is 4.36. The van der Waals surface area contributed by atoms with Crippen molar-refractivity contribution >= 4 is 11.6 Å². The average Bonchev–Trinajstić information content (AvgIpc) is 2.75. The van der Waals surface area contributed by atoms with Crippen molar-refractivity contribution in [3.05, 3.63) is 47.3 Å². The Bertz CT molecular complexity index is 536. The summed E-state index contributed by atoms with van der Waals surface area (Å²) in [5, 5.41) is 0. The quantitative estimate of drug-likeness (QED) is 0.574. The molecular formula is C10H5N3O2. The zero-order valence-electron chi connectivity index (χ0n) is 7.52. The van der Waals surface area contributed by atoms with E-state index in [4.69, 9.17) is 0 Å². The second-order valence-corrected chi connectivity index (χ2v) is 3.21. The van der Waals surface area contributed by atoms with Gasteiger partial charge in [-0.05, 0) is 6.07 Å². The molecule has 72 valence electrons. The first-order chi connectivity index (χ1) is 7.29. The van der Waals surface area contributed by atoms with Crippen molar-refractivity contribution in [1.29, 1.82) is 0 Å². The predicted octanol–water partition coefficient (Wildman–Crippen LogP) is 0.580. The fourth-order valence-electron chi connectivity index (χ4n) is 1.69.